The first-order valence-electron chi connectivity index (χ1n) is 6.95. The maximum Gasteiger partial charge on any atom is 0.333 e. The van der Waals surface area contributed by atoms with Gasteiger partial charge in [0.15, 0.2) is 0 Å². The first-order chi connectivity index (χ1) is 9.76. The first kappa shape index (κ1) is 17.5. The lowest BCUT2D eigenvalue weighted by atomic mass is 9.83. The Hall–Kier alpha value is -1.59. The Bertz CT molecular complexity index is 491. The molecule has 0 unspecified atom stereocenters. The van der Waals surface area contributed by atoms with Gasteiger partial charge in [-0.25, -0.2) is 0 Å². The van der Waals surface area contributed by atoms with E-state index in [1.165, 1.54) is 13.7 Å². The maximum absolute atomic E-state index is 10.0. The molecule has 0 atom stereocenters. The van der Waals surface area contributed by atoms with E-state index in [1.807, 2.05) is 44.2 Å². The van der Waals surface area contributed by atoms with Gasteiger partial charge in [0, 0.05) is 6.21 Å². The van der Waals surface area contributed by atoms with Crippen LogP contribution in [0, 0.1) is 0 Å². The summed E-state index contributed by atoms with van der Waals surface area (Å²) >= 11 is 0. The van der Waals surface area contributed by atoms with Crippen molar-refractivity contribution in [3.63, 3.8) is 0 Å². The third-order valence-electron chi connectivity index (χ3n) is 3.51. The number of allylic oxidation sites excluding steroid dienone is 1. The van der Waals surface area contributed by atoms with Crippen LogP contribution >= 0.6 is 0 Å². The molecule has 4 nitrogen and oxygen atoms in total. The second-order valence-corrected chi connectivity index (χ2v) is 5.93. The molecule has 1 aromatic rings. The highest BCUT2D eigenvalue weighted by Crippen LogP contribution is 2.24. The molecule has 0 aromatic heterocycles. The molecule has 21 heavy (non-hydrogen) atoms. The van der Waals surface area contributed by atoms with Crippen molar-refractivity contribution in [2.75, 3.05) is 0 Å². The molecule has 0 bridgehead atoms. The average Bonchev–Trinajstić information content (AvgIpc) is 2.42. The van der Waals surface area contributed by atoms with Crippen LogP contribution in [-0.4, -0.2) is 30.0 Å². The van der Waals surface area contributed by atoms with Crippen LogP contribution in [0.4, 0.5) is 0 Å². The van der Waals surface area contributed by atoms with E-state index in [-0.39, 0.29) is 0 Å². The Morgan fingerprint density at radius 1 is 1.29 bits per heavy atom. The summed E-state index contributed by atoms with van der Waals surface area (Å²) in [5.74, 6) is 0. The molecule has 0 aliphatic rings. The third kappa shape index (κ3) is 5.73. The largest absolute Gasteiger partial charge is 0.427 e. The van der Waals surface area contributed by atoms with Crippen LogP contribution in [0.1, 0.15) is 33.3 Å². The van der Waals surface area contributed by atoms with Crippen molar-refractivity contribution in [2.45, 2.75) is 45.4 Å². The van der Waals surface area contributed by atoms with Crippen molar-refractivity contribution in [2.24, 2.45) is 10.7 Å². The van der Waals surface area contributed by atoms with E-state index in [0.717, 1.165) is 5.56 Å². The van der Waals surface area contributed by atoms with E-state index in [0.29, 0.717) is 12.0 Å². The number of aliphatic imine (C=N–C) groups is 1. The van der Waals surface area contributed by atoms with E-state index < -0.39 is 11.2 Å². The Kier molecular flexibility index (Phi) is 6.18. The second-order valence-electron chi connectivity index (χ2n) is 5.93. The van der Waals surface area contributed by atoms with Gasteiger partial charge in [-0.1, -0.05) is 30.3 Å². The Balaban J connectivity index is 2.53. The van der Waals surface area contributed by atoms with Gasteiger partial charge in [0.05, 0.1) is 17.7 Å². The van der Waals surface area contributed by atoms with Crippen molar-refractivity contribution >= 4 is 13.7 Å². The van der Waals surface area contributed by atoms with Gasteiger partial charge in [-0.3, -0.25) is 4.99 Å². The minimum Gasteiger partial charge on any atom is -0.427 e. The van der Waals surface area contributed by atoms with E-state index >= 15 is 0 Å². The predicted molar refractivity (Wildman–Crippen MR) is 88.1 cm³/mol. The van der Waals surface area contributed by atoms with Crippen LogP contribution in [0.3, 0.4) is 0 Å². The van der Waals surface area contributed by atoms with Crippen LogP contribution in [0.25, 0.3) is 0 Å². The topological polar surface area (TPSA) is 67.8 Å². The SMILES string of the molecule is CC(C)(O)C(C)(C)O[B]/C(C=NCc1ccccc1)=C/N. The average molecular weight is 287 g/mol. The molecule has 0 heterocycles. The molecular weight excluding hydrogens is 263 g/mol. The van der Waals surface area contributed by atoms with Crippen LogP contribution < -0.4 is 5.73 Å². The van der Waals surface area contributed by atoms with Crippen molar-refractivity contribution in [3.8, 4) is 0 Å². The number of rotatable bonds is 7. The van der Waals surface area contributed by atoms with Gasteiger partial charge in [-0.05, 0) is 44.9 Å². The van der Waals surface area contributed by atoms with Crippen molar-refractivity contribution in [3.05, 3.63) is 47.6 Å². The molecule has 1 aromatic carbocycles. The first-order valence-corrected chi connectivity index (χ1v) is 6.95. The lowest BCUT2D eigenvalue weighted by molar-refractivity contribution is -0.0895. The smallest absolute Gasteiger partial charge is 0.333 e. The lowest BCUT2D eigenvalue weighted by Gasteiger charge is -2.37. The minimum atomic E-state index is -0.968. The molecule has 1 rings (SSSR count). The summed E-state index contributed by atoms with van der Waals surface area (Å²) in [7, 11) is 1.52. The summed E-state index contributed by atoms with van der Waals surface area (Å²) in [4.78, 5) is 4.33. The van der Waals surface area contributed by atoms with Crippen molar-refractivity contribution in [1.29, 1.82) is 0 Å². The molecule has 0 amide bonds. The molecule has 5 heteroatoms. The number of nitrogens with zero attached hydrogens (tertiary/aromatic N) is 1. The van der Waals surface area contributed by atoms with Gasteiger partial charge >= 0.3 is 7.48 Å². The molecule has 0 aliphatic heterocycles. The van der Waals surface area contributed by atoms with Crippen LogP contribution in [-0.2, 0) is 11.2 Å². The summed E-state index contributed by atoms with van der Waals surface area (Å²) in [6.45, 7) is 7.63. The maximum atomic E-state index is 10.0. The number of benzene rings is 1. The molecule has 3 N–H and O–H groups in total. The number of hydrogen-bond donors (Lipinski definition) is 2. The van der Waals surface area contributed by atoms with Crippen molar-refractivity contribution < 1.29 is 9.76 Å². The highest BCUT2D eigenvalue weighted by Gasteiger charge is 2.35. The van der Waals surface area contributed by atoms with Gasteiger partial charge in [0.25, 0.3) is 0 Å². The summed E-state index contributed by atoms with van der Waals surface area (Å²) in [5.41, 5.74) is 5.65. The zero-order valence-corrected chi connectivity index (χ0v) is 13.2. The predicted octanol–water partition coefficient (Wildman–Crippen LogP) is 2.24. The van der Waals surface area contributed by atoms with Crippen LogP contribution in [0.5, 0.6) is 0 Å². The summed E-state index contributed by atoms with van der Waals surface area (Å²) in [6, 6.07) is 9.96. The van der Waals surface area contributed by atoms with E-state index in [9.17, 15) is 5.11 Å². The standard InChI is InChI=1S/C16H24BN2O2/c1-15(2,20)16(3,4)21-17-14(10-18)12-19-11-13-8-6-5-7-9-13/h5-10,12,20H,11,18H2,1-4H3/b14-10+,19-12?. The van der Waals surface area contributed by atoms with Gasteiger partial charge in [0.2, 0.25) is 0 Å². The fourth-order valence-corrected chi connectivity index (χ4v) is 1.31. The molecule has 0 spiro atoms. The normalized spacial score (nSPS) is 13.7. The van der Waals surface area contributed by atoms with E-state index in [4.69, 9.17) is 10.4 Å². The molecule has 0 saturated carbocycles. The Morgan fingerprint density at radius 2 is 1.90 bits per heavy atom. The van der Waals surface area contributed by atoms with Crippen LogP contribution in [0.2, 0.25) is 0 Å². The quantitative estimate of drug-likeness (QED) is 0.597. The molecule has 113 valence electrons. The highest BCUT2D eigenvalue weighted by molar-refractivity contribution is 6.46. The number of hydrogen-bond acceptors (Lipinski definition) is 4. The van der Waals surface area contributed by atoms with E-state index in [1.54, 1.807) is 20.1 Å². The number of nitrogens with two attached hydrogens (primary N) is 1. The third-order valence-corrected chi connectivity index (χ3v) is 3.51. The monoisotopic (exact) mass is 287 g/mol. The lowest BCUT2D eigenvalue weighted by Crippen LogP contribution is -2.48. The molecule has 0 saturated heterocycles. The van der Waals surface area contributed by atoms with Crippen molar-refractivity contribution in [1.82, 2.24) is 0 Å². The zero-order chi connectivity index (χ0) is 15.9. The fourth-order valence-electron chi connectivity index (χ4n) is 1.31. The molecule has 1 radical (unpaired) electrons. The van der Waals surface area contributed by atoms with Crippen LogP contribution in [0.15, 0.2) is 47.0 Å². The summed E-state index contributed by atoms with van der Waals surface area (Å²) < 4.78 is 5.64. The Morgan fingerprint density at radius 3 is 2.43 bits per heavy atom. The van der Waals surface area contributed by atoms with Gasteiger partial charge in [-0.15, -0.1) is 0 Å². The zero-order valence-electron chi connectivity index (χ0n) is 13.2. The Labute approximate surface area is 128 Å². The van der Waals surface area contributed by atoms with Gasteiger partial charge < -0.3 is 15.5 Å². The number of aliphatic hydroxyl groups is 1. The molecular formula is C16H24BN2O2. The fraction of sp³-hybridized carbons (Fsp3) is 0.438. The molecule has 0 aliphatic carbocycles. The molecule has 0 fully saturated rings. The minimum absolute atomic E-state index is 0.584. The summed E-state index contributed by atoms with van der Waals surface area (Å²) in [6.07, 6.45) is 3.09. The van der Waals surface area contributed by atoms with Gasteiger partial charge in [0.1, 0.15) is 0 Å². The summed E-state index contributed by atoms with van der Waals surface area (Å²) in [5, 5.41) is 10.0. The highest BCUT2D eigenvalue weighted by atomic mass is 16.5. The second kappa shape index (κ2) is 7.43. The van der Waals surface area contributed by atoms with Gasteiger partial charge in [-0.2, -0.15) is 0 Å². The van der Waals surface area contributed by atoms with E-state index in [2.05, 4.69) is 4.99 Å².